The van der Waals surface area contributed by atoms with Gasteiger partial charge in [0.25, 0.3) is 0 Å². The van der Waals surface area contributed by atoms with E-state index < -0.39 is 0 Å². The molecule has 4 heteroatoms. The zero-order chi connectivity index (χ0) is 13.0. The van der Waals surface area contributed by atoms with Crippen LogP contribution in [0.4, 0.5) is 4.39 Å². The van der Waals surface area contributed by atoms with Crippen LogP contribution in [0.1, 0.15) is 31.4 Å². The number of hydrogen-bond donors (Lipinski definition) is 1. The van der Waals surface area contributed by atoms with Crippen molar-refractivity contribution >= 4 is 0 Å². The third-order valence-corrected chi connectivity index (χ3v) is 3.28. The maximum Gasteiger partial charge on any atom is 0.124 e. The summed E-state index contributed by atoms with van der Waals surface area (Å²) in [5.41, 5.74) is 6.55. The van der Waals surface area contributed by atoms with Gasteiger partial charge in [-0.05, 0) is 43.9 Å². The summed E-state index contributed by atoms with van der Waals surface area (Å²) in [6, 6.07) is 4.29. The SMILES string of the molecule is C[C@@H](N)c1cc(F)ccc1OCC1CCOCC1. The highest BCUT2D eigenvalue weighted by atomic mass is 19.1. The first-order valence-electron chi connectivity index (χ1n) is 6.42. The largest absolute Gasteiger partial charge is 0.493 e. The number of halogens is 1. The number of ether oxygens (including phenoxy) is 2. The second-order valence-electron chi connectivity index (χ2n) is 4.84. The van der Waals surface area contributed by atoms with Gasteiger partial charge in [0.05, 0.1) is 6.61 Å². The normalized spacial score (nSPS) is 18.6. The van der Waals surface area contributed by atoms with E-state index in [1.54, 1.807) is 6.07 Å². The highest BCUT2D eigenvalue weighted by Crippen LogP contribution is 2.26. The Balaban J connectivity index is 1.99. The summed E-state index contributed by atoms with van der Waals surface area (Å²) >= 11 is 0. The molecular weight excluding hydrogens is 233 g/mol. The molecule has 0 spiro atoms. The zero-order valence-corrected chi connectivity index (χ0v) is 10.7. The van der Waals surface area contributed by atoms with Gasteiger partial charge in [-0.15, -0.1) is 0 Å². The van der Waals surface area contributed by atoms with E-state index in [4.69, 9.17) is 15.2 Å². The fourth-order valence-corrected chi connectivity index (χ4v) is 2.13. The van der Waals surface area contributed by atoms with Crippen molar-refractivity contribution in [2.24, 2.45) is 11.7 Å². The van der Waals surface area contributed by atoms with Crippen LogP contribution in [0.25, 0.3) is 0 Å². The number of rotatable bonds is 4. The van der Waals surface area contributed by atoms with Crippen molar-refractivity contribution in [3.8, 4) is 5.75 Å². The quantitative estimate of drug-likeness (QED) is 0.897. The van der Waals surface area contributed by atoms with Crippen molar-refractivity contribution in [1.82, 2.24) is 0 Å². The first-order chi connectivity index (χ1) is 8.66. The number of nitrogens with two attached hydrogens (primary N) is 1. The Labute approximate surface area is 107 Å². The van der Waals surface area contributed by atoms with Crippen LogP contribution in [-0.2, 0) is 4.74 Å². The smallest absolute Gasteiger partial charge is 0.124 e. The van der Waals surface area contributed by atoms with E-state index >= 15 is 0 Å². The van der Waals surface area contributed by atoms with Crippen LogP contribution in [0.5, 0.6) is 5.75 Å². The molecule has 0 unspecified atom stereocenters. The first kappa shape index (κ1) is 13.3. The second kappa shape index (κ2) is 6.16. The number of hydrogen-bond acceptors (Lipinski definition) is 3. The van der Waals surface area contributed by atoms with Crippen LogP contribution in [0.15, 0.2) is 18.2 Å². The summed E-state index contributed by atoms with van der Waals surface area (Å²) in [6.45, 7) is 4.08. The molecule has 100 valence electrons. The maximum atomic E-state index is 13.2. The predicted molar refractivity (Wildman–Crippen MR) is 68.0 cm³/mol. The lowest BCUT2D eigenvalue weighted by Crippen LogP contribution is -2.22. The van der Waals surface area contributed by atoms with Gasteiger partial charge in [-0.1, -0.05) is 0 Å². The highest BCUT2D eigenvalue weighted by molar-refractivity contribution is 5.36. The molecule has 1 aromatic carbocycles. The number of benzene rings is 1. The van der Waals surface area contributed by atoms with Crippen LogP contribution in [-0.4, -0.2) is 19.8 Å². The Morgan fingerprint density at radius 3 is 2.83 bits per heavy atom. The molecule has 0 amide bonds. The Hall–Kier alpha value is -1.13. The van der Waals surface area contributed by atoms with Gasteiger partial charge in [0, 0.05) is 24.8 Å². The minimum Gasteiger partial charge on any atom is -0.493 e. The average Bonchev–Trinajstić information content (AvgIpc) is 2.38. The molecular formula is C14H20FNO2. The van der Waals surface area contributed by atoms with Gasteiger partial charge in [0.1, 0.15) is 11.6 Å². The lowest BCUT2D eigenvalue weighted by atomic mass is 10.0. The molecule has 3 nitrogen and oxygen atoms in total. The molecule has 1 aliphatic rings. The molecule has 1 atom stereocenters. The predicted octanol–water partition coefficient (Wildman–Crippen LogP) is 2.65. The van der Waals surface area contributed by atoms with E-state index in [9.17, 15) is 4.39 Å². The Morgan fingerprint density at radius 2 is 2.17 bits per heavy atom. The van der Waals surface area contributed by atoms with E-state index in [0.717, 1.165) is 31.6 Å². The summed E-state index contributed by atoms with van der Waals surface area (Å²) < 4.78 is 24.3. The highest BCUT2D eigenvalue weighted by Gasteiger charge is 2.16. The van der Waals surface area contributed by atoms with Gasteiger partial charge in [-0.2, -0.15) is 0 Å². The maximum absolute atomic E-state index is 13.2. The van der Waals surface area contributed by atoms with Crippen LogP contribution in [0.2, 0.25) is 0 Å². The molecule has 1 aromatic rings. The molecule has 1 aliphatic heterocycles. The van der Waals surface area contributed by atoms with Crippen LogP contribution < -0.4 is 10.5 Å². The van der Waals surface area contributed by atoms with Gasteiger partial charge in [0.2, 0.25) is 0 Å². The molecule has 0 radical (unpaired) electrons. The van der Waals surface area contributed by atoms with Crippen molar-refractivity contribution in [1.29, 1.82) is 0 Å². The summed E-state index contributed by atoms with van der Waals surface area (Å²) in [5, 5.41) is 0. The lowest BCUT2D eigenvalue weighted by Gasteiger charge is -2.23. The van der Waals surface area contributed by atoms with Gasteiger partial charge < -0.3 is 15.2 Å². The van der Waals surface area contributed by atoms with Crippen LogP contribution in [0, 0.1) is 11.7 Å². The Bertz CT molecular complexity index is 389. The summed E-state index contributed by atoms with van der Waals surface area (Å²) in [6.07, 6.45) is 2.05. The van der Waals surface area contributed by atoms with Gasteiger partial charge >= 0.3 is 0 Å². The zero-order valence-electron chi connectivity index (χ0n) is 10.7. The third-order valence-electron chi connectivity index (χ3n) is 3.28. The third kappa shape index (κ3) is 3.43. The molecule has 2 rings (SSSR count). The van der Waals surface area contributed by atoms with E-state index in [2.05, 4.69) is 0 Å². The lowest BCUT2D eigenvalue weighted by molar-refractivity contribution is 0.0495. The summed E-state index contributed by atoms with van der Waals surface area (Å²) in [4.78, 5) is 0. The molecule has 1 fully saturated rings. The van der Waals surface area contributed by atoms with Crippen molar-refractivity contribution in [2.45, 2.75) is 25.8 Å². The van der Waals surface area contributed by atoms with E-state index in [1.165, 1.54) is 12.1 Å². The topological polar surface area (TPSA) is 44.5 Å². The molecule has 0 saturated carbocycles. The summed E-state index contributed by atoms with van der Waals surface area (Å²) in [7, 11) is 0. The minimum atomic E-state index is -0.277. The molecule has 1 saturated heterocycles. The fraction of sp³-hybridized carbons (Fsp3) is 0.571. The van der Waals surface area contributed by atoms with Gasteiger partial charge in [0.15, 0.2) is 0 Å². The second-order valence-corrected chi connectivity index (χ2v) is 4.84. The molecule has 0 aromatic heterocycles. The molecule has 2 N–H and O–H groups in total. The van der Waals surface area contributed by atoms with E-state index in [0.29, 0.717) is 18.3 Å². The van der Waals surface area contributed by atoms with Crippen LogP contribution >= 0.6 is 0 Å². The standard InChI is InChI=1S/C14H20FNO2/c1-10(16)13-8-12(15)2-3-14(13)18-9-11-4-6-17-7-5-11/h2-3,8,10-11H,4-7,9,16H2,1H3/t10-/m1/s1. The average molecular weight is 253 g/mol. The van der Waals surface area contributed by atoms with Crippen LogP contribution in [0.3, 0.4) is 0 Å². The van der Waals surface area contributed by atoms with Crippen molar-refractivity contribution < 1.29 is 13.9 Å². The Morgan fingerprint density at radius 1 is 1.44 bits per heavy atom. The molecule has 1 heterocycles. The van der Waals surface area contributed by atoms with Gasteiger partial charge in [-0.25, -0.2) is 4.39 Å². The molecule has 18 heavy (non-hydrogen) atoms. The summed E-state index contributed by atoms with van der Waals surface area (Å²) in [5.74, 6) is 0.934. The molecule has 0 bridgehead atoms. The van der Waals surface area contributed by atoms with E-state index in [1.807, 2.05) is 6.92 Å². The fourth-order valence-electron chi connectivity index (χ4n) is 2.13. The van der Waals surface area contributed by atoms with Crippen molar-refractivity contribution in [3.05, 3.63) is 29.6 Å². The van der Waals surface area contributed by atoms with Crippen molar-refractivity contribution in [3.63, 3.8) is 0 Å². The minimum absolute atomic E-state index is 0.231. The first-order valence-corrected chi connectivity index (χ1v) is 6.42. The van der Waals surface area contributed by atoms with Crippen molar-refractivity contribution in [2.75, 3.05) is 19.8 Å². The van der Waals surface area contributed by atoms with E-state index in [-0.39, 0.29) is 11.9 Å². The Kier molecular flexibility index (Phi) is 4.55. The monoisotopic (exact) mass is 253 g/mol. The molecule has 0 aliphatic carbocycles. The van der Waals surface area contributed by atoms with Gasteiger partial charge in [-0.3, -0.25) is 0 Å².